The lowest BCUT2D eigenvalue weighted by molar-refractivity contribution is -0.137. The second-order valence-corrected chi connectivity index (χ2v) is 6.69. The Hall–Kier alpha value is -0.780. The molecule has 0 saturated heterocycles. The summed E-state index contributed by atoms with van der Waals surface area (Å²) < 4.78 is 27.8. The van der Waals surface area contributed by atoms with E-state index in [1.165, 1.54) is 0 Å². The highest BCUT2D eigenvalue weighted by molar-refractivity contribution is 7.91. The standard InChI is InChI=1S/C11H12Cl2O4S/c1-7-3-9(12)8(10(13)4-7)5-18(15,16)6-11(14)17-2/h3-4H,5-6H2,1-2H3. The molecule has 0 aliphatic carbocycles. The third-order valence-corrected chi connectivity index (χ3v) is 4.29. The summed E-state index contributed by atoms with van der Waals surface area (Å²) in [6.07, 6.45) is 0. The highest BCUT2D eigenvalue weighted by Gasteiger charge is 2.21. The summed E-state index contributed by atoms with van der Waals surface area (Å²) in [5, 5.41) is 0.543. The quantitative estimate of drug-likeness (QED) is 0.801. The van der Waals surface area contributed by atoms with Gasteiger partial charge in [0.05, 0.1) is 12.9 Å². The van der Waals surface area contributed by atoms with Gasteiger partial charge in [-0.2, -0.15) is 0 Å². The van der Waals surface area contributed by atoms with Crippen LogP contribution in [0.5, 0.6) is 0 Å². The van der Waals surface area contributed by atoms with Gasteiger partial charge in [-0.05, 0) is 24.6 Å². The summed E-state index contributed by atoms with van der Waals surface area (Å²) in [7, 11) is -2.52. The van der Waals surface area contributed by atoms with Crippen LogP contribution in [0.4, 0.5) is 0 Å². The smallest absolute Gasteiger partial charge is 0.320 e. The Labute approximate surface area is 116 Å². The minimum atomic E-state index is -3.65. The lowest BCUT2D eigenvalue weighted by Gasteiger charge is -2.08. The number of esters is 1. The summed E-state index contributed by atoms with van der Waals surface area (Å²) >= 11 is 11.9. The number of hydrogen-bond acceptors (Lipinski definition) is 4. The molecule has 1 aromatic carbocycles. The monoisotopic (exact) mass is 310 g/mol. The average molecular weight is 311 g/mol. The van der Waals surface area contributed by atoms with Gasteiger partial charge < -0.3 is 4.74 Å². The van der Waals surface area contributed by atoms with E-state index in [1.807, 2.05) is 0 Å². The van der Waals surface area contributed by atoms with Gasteiger partial charge in [-0.1, -0.05) is 23.2 Å². The number of carbonyl (C=O) groups excluding carboxylic acids is 1. The first-order valence-corrected chi connectivity index (χ1v) is 7.54. The van der Waals surface area contributed by atoms with Crippen molar-refractivity contribution in [1.82, 2.24) is 0 Å². The fraction of sp³-hybridized carbons (Fsp3) is 0.364. The van der Waals surface area contributed by atoms with E-state index >= 15 is 0 Å². The van der Waals surface area contributed by atoms with Gasteiger partial charge in [0.2, 0.25) is 0 Å². The third kappa shape index (κ3) is 4.15. The van der Waals surface area contributed by atoms with E-state index in [9.17, 15) is 13.2 Å². The molecule has 7 heteroatoms. The molecule has 0 fully saturated rings. The van der Waals surface area contributed by atoms with Gasteiger partial charge in [0.1, 0.15) is 5.75 Å². The molecule has 0 aromatic heterocycles. The molecule has 18 heavy (non-hydrogen) atoms. The van der Waals surface area contributed by atoms with E-state index in [2.05, 4.69) is 4.74 Å². The predicted octanol–water partition coefficient (Wildman–Crippen LogP) is 2.39. The minimum absolute atomic E-state index is 0.272. The number of methoxy groups -OCH3 is 1. The van der Waals surface area contributed by atoms with Crippen molar-refractivity contribution in [3.8, 4) is 0 Å². The summed E-state index contributed by atoms with van der Waals surface area (Å²) in [4.78, 5) is 11.0. The van der Waals surface area contributed by atoms with E-state index in [1.54, 1.807) is 19.1 Å². The number of halogens is 2. The Bertz CT molecular complexity index is 543. The number of carbonyl (C=O) groups is 1. The van der Waals surface area contributed by atoms with Crippen LogP contribution in [0.2, 0.25) is 10.0 Å². The van der Waals surface area contributed by atoms with Crippen LogP contribution in [0.1, 0.15) is 11.1 Å². The van der Waals surface area contributed by atoms with Crippen LogP contribution in [0, 0.1) is 6.92 Å². The third-order valence-electron chi connectivity index (χ3n) is 2.22. The van der Waals surface area contributed by atoms with Crippen LogP contribution >= 0.6 is 23.2 Å². The number of ether oxygens (including phenoxy) is 1. The van der Waals surface area contributed by atoms with Crippen molar-refractivity contribution in [2.45, 2.75) is 12.7 Å². The maximum atomic E-state index is 11.7. The fourth-order valence-corrected chi connectivity index (χ4v) is 3.60. The van der Waals surface area contributed by atoms with Crippen molar-refractivity contribution in [3.05, 3.63) is 33.3 Å². The normalized spacial score (nSPS) is 11.3. The number of rotatable bonds is 4. The van der Waals surface area contributed by atoms with Crippen molar-refractivity contribution < 1.29 is 17.9 Å². The molecule has 1 aromatic rings. The lowest BCUT2D eigenvalue weighted by atomic mass is 10.2. The molecule has 1 rings (SSSR count). The summed E-state index contributed by atoms with van der Waals surface area (Å²) in [5.41, 5.74) is 1.13. The Balaban J connectivity index is 3.01. The highest BCUT2D eigenvalue weighted by Crippen LogP contribution is 2.28. The Kier molecular flexibility index (Phi) is 5.01. The highest BCUT2D eigenvalue weighted by atomic mass is 35.5. The van der Waals surface area contributed by atoms with E-state index in [0.29, 0.717) is 5.56 Å². The second kappa shape index (κ2) is 5.91. The number of sulfone groups is 1. The molecule has 0 N–H and O–H groups in total. The maximum absolute atomic E-state index is 11.7. The predicted molar refractivity (Wildman–Crippen MR) is 70.7 cm³/mol. The zero-order chi connectivity index (χ0) is 13.9. The Morgan fingerprint density at radius 2 is 1.78 bits per heavy atom. The van der Waals surface area contributed by atoms with E-state index in [-0.39, 0.29) is 15.8 Å². The SMILES string of the molecule is COC(=O)CS(=O)(=O)Cc1c(Cl)cc(C)cc1Cl. The van der Waals surface area contributed by atoms with Crippen molar-refractivity contribution in [1.29, 1.82) is 0 Å². The molecular formula is C11H12Cl2O4S. The molecule has 0 saturated carbocycles. The van der Waals surface area contributed by atoms with E-state index in [4.69, 9.17) is 23.2 Å². The van der Waals surface area contributed by atoms with Crippen LogP contribution in [-0.4, -0.2) is 27.2 Å². The lowest BCUT2D eigenvalue weighted by Crippen LogP contribution is -2.19. The summed E-state index contributed by atoms with van der Waals surface area (Å²) in [6.45, 7) is 1.80. The van der Waals surface area contributed by atoms with Crippen LogP contribution < -0.4 is 0 Å². The van der Waals surface area contributed by atoms with Gasteiger partial charge in [-0.25, -0.2) is 8.42 Å². The van der Waals surface area contributed by atoms with Gasteiger partial charge in [-0.3, -0.25) is 4.79 Å². The molecule has 0 heterocycles. The second-order valence-electron chi connectivity index (χ2n) is 3.82. The molecule has 0 aliphatic heterocycles. The van der Waals surface area contributed by atoms with E-state index in [0.717, 1.165) is 12.7 Å². The van der Waals surface area contributed by atoms with Gasteiger partial charge in [-0.15, -0.1) is 0 Å². The molecule has 0 spiro atoms. The number of aryl methyl sites for hydroxylation is 1. The molecule has 4 nitrogen and oxygen atoms in total. The zero-order valence-electron chi connectivity index (χ0n) is 9.87. The molecule has 0 amide bonds. The summed E-state index contributed by atoms with van der Waals surface area (Å²) in [6, 6.07) is 3.24. The van der Waals surface area contributed by atoms with E-state index < -0.39 is 21.6 Å². The van der Waals surface area contributed by atoms with Crippen molar-refractivity contribution in [2.24, 2.45) is 0 Å². The minimum Gasteiger partial charge on any atom is -0.468 e. The number of benzene rings is 1. The average Bonchev–Trinajstić information content (AvgIpc) is 2.22. The zero-order valence-corrected chi connectivity index (χ0v) is 12.2. The van der Waals surface area contributed by atoms with Gasteiger partial charge >= 0.3 is 5.97 Å². The molecule has 100 valence electrons. The fourth-order valence-electron chi connectivity index (χ4n) is 1.38. The topological polar surface area (TPSA) is 60.4 Å². The van der Waals surface area contributed by atoms with Gasteiger partial charge in [0, 0.05) is 15.6 Å². The van der Waals surface area contributed by atoms with Crippen molar-refractivity contribution >= 4 is 39.0 Å². The van der Waals surface area contributed by atoms with Crippen LogP contribution in [0.3, 0.4) is 0 Å². The largest absolute Gasteiger partial charge is 0.468 e. The molecule has 0 aliphatic rings. The molecule has 0 atom stereocenters. The van der Waals surface area contributed by atoms with Crippen LogP contribution in [0.25, 0.3) is 0 Å². The first kappa shape index (κ1) is 15.3. The molecular weight excluding hydrogens is 299 g/mol. The van der Waals surface area contributed by atoms with Crippen LogP contribution in [0.15, 0.2) is 12.1 Å². The van der Waals surface area contributed by atoms with Gasteiger partial charge in [0.25, 0.3) is 0 Å². The Morgan fingerprint density at radius 3 is 2.22 bits per heavy atom. The van der Waals surface area contributed by atoms with Crippen molar-refractivity contribution in [3.63, 3.8) is 0 Å². The van der Waals surface area contributed by atoms with Crippen molar-refractivity contribution in [2.75, 3.05) is 12.9 Å². The first-order valence-electron chi connectivity index (χ1n) is 4.97. The van der Waals surface area contributed by atoms with Gasteiger partial charge in [0.15, 0.2) is 9.84 Å². The molecule has 0 radical (unpaired) electrons. The summed E-state index contributed by atoms with van der Waals surface area (Å²) in [5.74, 6) is -1.89. The molecule has 0 bridgehead atoms. The maximum Gasteiger partial charge on any atom is 0.320 e. The first-order chi connectivity index (χ1) is 8.25. The Morgan fingerprint density at radius 1 is 1.28 bits per heavy atom. The van der Waals surface area contributed by atoms with Crippen LogP contribution in [-0.2, 0) is 25.1 Å². The molecule has 0 unspecified atom stereocenters. The number of hydrogen-bond donors (Lipinski definition) is 0.